The van der Waals surface area contributed by atoms with Gasteiger partial charge in [0.05, 0.1) is 13.2 Å². The van der Waals surface area contributed by atoms with Crippen molar-refractivity contribution >= 4 is 11.8 Å². The van der Waals surface area contributed by atoms with Crippen molar-refractivity contribution < 1.29 is 9.47 Å². The molecule has 1 aromatic rings. The van der Waals surface area contributed by atoms with Gasteiger partial charge in [-0.05, 0) is 37.6 Å². The summed E-state index contributed by atoms with van der Waals surface area (Å²) in [4.78, 5) is 0. The first-order valence-electron chi connectivity index (χ1n) is 8.05. The van der Waals surface area contributed by atoms with E-state index in [1.165, 1.54) is 31.2 Å². The molecule has 1 N–H and O–H groups in total. The lowest BCUT2D eigenvalue weighted by Gasteiger charge is -2.20. The second kappa shape index (κ2) is 7.41. The van der Waals surface area contributed by atoms with Crippen LogP contribution < -0.4 is 14.8 Å². The molecular formula is C17H25NO2S. The fraction of sp³-hybridized carbons (Fsp3) is 0.647. The fourth-order valence-electron chi connectivity index (χ4n) is 3.03. The van der Waals surface area contributed by atoms with Gasteiger partial charge < -0.3 is 14.8 Å². The molecule has 1 aliphatic heterocycles. The summed E-state index contributed by atoms with van der Waals surface area (Å²) in [6.45, 7) is 1.50. The van der Waals surface area contributed by atoms with Crippen LogP contribution in [-0.4, -0.2) is 31.3 Å². The van der Waals surface area contributed by atoms with Gasteiger partial charge in [0, 0.05) is 23.5 Å². The van der Waals surface area contributed by atoms with Crippen molar-refractivity contribution in [1.82, 2.24) is 5.32 Å². The maximum Gasteiger partial charge on any atom is 0.161 e. The van der Waals surface area contributed by atoms with E-state index in [0.29, 0.717) is 6.04 Å². The Balaban J connectivity index is 1.66. The molecule has 1 unspecified atom stereocenters. The van der Waals surface area contributed by atoms with Gasteiger partial charge in [-0.25, -0.2) is 0 Å². The van der Waals surface area contributed by atoms with E-state index in [9.17, 15) is 0 Å². The summed E-state index contributed by atoms with van der Waals surface area (Å²) < 4.78 is 11.5. The van der Waals surface area contributed by atoms with Gasteiger partial charge in [-0.15, -0.1) is 0 Å². The predicted octanol–water partition coefficient (Wildman–Crippen LogP) is 3.78. The average Bonchev–Trinajstić information content (AvgIpc) is 2.92. The van der Waals surface area contributed by atoms with Crippen molar-refractivity contribution in [3.63, 3.8) is 0 Å². The van der Waals surface area contributed by atoms with Crippen molar-refractivity contribution in [2.45, 2.75) is 43.4 Å². The normalized spacial score (nSPS) is 20.2. The van der Waals surface area contributed by atoms with E-state index in [-0.39, 0.29) is 0 Å². The Morgan fingerprint density at radius 3 is 2.67 bits per heavy atom. The Morgan fingerprint density at radius 2 is 1.90 bits per heavy atom. The number of rotatable bonds is 5. The molecule has 0 aromatic heterocycles. The van der Waals surface area contributed by atoms with Gasteiger partial charge in [-0.3, -0.25) is 0 Å². The molecule has 0 amide bonds. The number of thioether (sulfide) groups is 1. The molecule has 0 spiro atoms. The summed E-state index contributed by atoms with van der Waals surface area (Å²) in [6.07, 6.45) is 6.55. The van der Waals surface area contributed by atoms with Gasteiger partial charge in [0.1, 0.15) is 0 Å². The molecule has 1 heterocycles. The van der Waals surface area contributed by atoms with Crippen molar-refractivity contribution in [3.05, 3.63) is 23.8 Å². The molecule has 3 nitrogen and oxygen atoms in total. The lowest BCUT2D eigenvalue weighted by atomic mass is 10.1. The lowest BCUT2D eigenvalue weighted by Crippen LogP contribution is -2.20. The molecule has 116 valence electrons. The highest BCUT2D eigenvalue weighted by Gasteiger charge is 2.19. The molecular weight excluding hydrogens is 282 g/mol. The minimum atomic E-state index is 0.382. The molecule has 2 aliphatic rings. The molecule has 0 radical (unpaired) electrons. The van der Waals surface area contributed by atoms with Gasteiger partial charge in [0.25, 0.3) is 0 Å². The Bertz CT molecular complexity index is 460. The van der Waals surface area contributed by atoms with Crippen LogP contribution in [0.5, 0.6) is 11.5 Å². The first kappa shape index (κ1) is 15.0. The van der Waals surface area contributed by atoms with Gasteiger partial charge >= 0.3 is 0 Å². The number of hydrogen-bond acceptors (Lipinski definition) is 4. The third kappa shape index (κ3) is 3.86. The Hall–Kier alpha value is -0.870. The Morgan fingerprint density at radius 1 is 1.14 bits per heavy atom. The summed E-state index contributed by atoms with van der Waals surface area (Å²) in [7, 11) is 2.04. The van der Waals surface area contributed by atoms with Crippen molar-refractivity contribution in [2.24, 2.45) is 0 Å². The van der Waals surface area contributed by atoms with Crippen LogP contribution in [0.15, 0.2) is 18.2 Å². The van der Waals surface area contributed by atoms with Crippen LogP contribution in [0.25, 0.3) is 0 Å². The van der Waals surface area contributed by atoms with Gasteiger partial charge in [-0.2, -0.15) is 11.8 Å². The summed E-state index contributed by atoms with van der Waals surface area (Å²) in [5.41, 5.74) is 1.30. The van der Waals surface area contributed by atoms with E-state index in [2.05, 4.69) is 35.3 Å². The molecule has 1 saturated carbocycles. The van der Waals surface area contributed by atoms with Crippen LogP contribution in [0, 0.1) is 0 Å². The van der Waals surface area contributed by atoms with Gasteiger partial charge in [-0.1, -0.05) is 18.9 Å². The molecule has 0 bridgehead atoms. The third-order valence-electron chi connectivity index (χ3n) is 4.32. The topological polar surface area (TPSA) is 30.5 Å². The first-order valence-corrected chi connectivity index (χ1v) is 9.10. The first-order chi connectivity index (χ1) is 10.4. The van der Waals surface area contributed by atoms with Crippen LogP contribution in [0.4, 0.5) is 0 Å². The van der Waals surface area contributed by atoms with Crippen LogP contribution in [0.2, 0.25) is 0 Å². The van der Waals surface area contributed by atoms with Crippen LogP contribution >= 0.6 is 11.8 Å². The fourth-order valence-corrected chi connectivity index (χ4v) is 4.52. The smallest absolute Gasteiger partial charge is 0.161 e. The van der Waals surface area contributed by atoms with Gasteiger partial charge in [0.2, 0.25) is 0 Å². The zero-order valence-electron chi connectivity index (χ0n) is 12.8. The molecule has 1 atom stereocenters. The van der Waals surface area contributed by atoms with Crippen molar-refractivity contribution in [3.8, 4) is 11.5 Å². The second-order valence-corrected chi connectivity index (χ2v) is 7.17. The summed E-state index contributed by atoms with van der Waals surface area (Å²) in [6, 6.07) is 6.76. The number of benzene rings is 1. The molecule has 4 heteroatoms. The Labute approximate surface area is 131 Å². The molecule has 1 aromatic carbocycles. The highest BCUT2D eigenvalue weighted by Crippen LogP contribution is 2.35. The van der Waals surface area contributed by atoms with E-state index in [4.69, 9.17) is 9.47 Å². The van der Waals surface area contributed by atoms with E-state index < -0.39 is 0 Å². The minimum absolute atomic E-state index is 0.382. The molecule has 1 aliphatic carbocycles. The number of hydrogen-bond donors (Lipinski definition) is 1. The molecule has 21 heavy (non-hydrogen) atoms. The zero-order valence-corrected chi connectivity index (χ0v) is 13.6. The summed E-state index contributed by atoms with van der Waals surface area (Å²) in [5, 5.41) is 4.31. The van der Waals surface area contributed by atoms with E-state index in [1.54, 1.807) is 0 Å². The largest absolute Gasteiger partial charge is 0.490 e. The van der Waals surface area contributed by atoms with E-state index in [0.717, 1.165) is 42.1 Å². The monoisotopic (exact) mass is 307 g/mol. The number of ether oxygens (including phenoxy) is 2. The number of fused-ring (bicyclic) bond motifs is 1. The van der Waals surface area contributed by atoms with Crippen LogP contribution in [-0.2, 0) is 0 Å². The van der Waals surface area contributed by atoms with Crippen LogP contribution in [0.1, 0.15) is 43.7 Å². The highest BCUT2D eigenvalue weighted by molar-refractivity contribution is 7.99. The minimum Gasteiger partial charge on any atom is -0.490 e. The van der Waals surface area contributed by atoms with Gasteiger partial charge in [0.15, 0.2) is 11.5 Å². The van der Waals surface area contributed by atoms with Crippen molar-refractivity contribution in [2.75, 3.05) is 26.0 Å². The third-order valence-corrected chi connectivity index (χ3v) is 5.79. The standard InChI is InChI=1S/C17H25NO2S/c1-18-15(12-21-14-5-2-3-6-14)13-7-8-16-17(11-13)20-10-4-9-19-16/h7-8,11,14-15,18H,2-6,9-10,12H2,1H3. The molecule has 1 fully saturated rings. The maximum absolute atomic E-state index is 5.80. The summed E-state index contributed by atoms with van der Waals surface area (Å²) >= 11 is 2.12. The Kier molecular flexibility index (Phi) is 5.31. The zero-order chi connectivity index (χ0) is 14.5. The molecule has 0 saturated heterocycles. The van der Waals surface area contributed by atoms with Crippen LogP contribution in [0.3, 0.4) is 0 Å². The SMILES string of the molecule is CNC(CSC1CCCC1)c1ccc2c(c1)OCCCO2. The van der Waals surface area contributed by atoms with E-state index >= 15 is 0 Å². The highest BCUT2D eigenvalue weighted by atomic mass is 32.2. The molecule has 3 rings (SSSR count). The quantitative estimate of drug-likeness (QED) is 0.896. The maximum atomic E-state index is 5.80. The summed E-state index contributed by atoms with van der Waals surface area (Å²) in [5.74, 6) is 2.91. The second-order valence-electron chi connectivity index (χ2n) is 5.84. The lowest BCUT2D eigenvalue weighted by molar-refractivity contribution is 0.297. The number of nitrogens with one attached hydrogen (secondary N) is 1. The van der Waals surface area contributed by atoms with Crippen molar-refractivity contribution in [1.29, 1.82) is 0 Å². The predicted molar refractivity (Wildman–Crippen MR) is 88.6 cm³/mol. The average molecular weight is 307 g/mol. The van der Waals surface area contributed by atoms with E-state index in [1.807, 2.05) is 7.05 Å².